The molecule has 2 heterocycles. The zero-order chi connectivity index (χ0) is 23.6. The number of benzene rings is 1. The van der Waals surface area contributed by atoms with E-state index in [1.165, 1.54) is 6.42 Å². The van der Waals surface area contributed by atoms with Gasteiger partial charge in [-0.05, 0) is 43.2 Å². The molecule has 0 bridgehead atoms. The molecule has 3 rings (SSSR count). The molecule has 9 heteroatoms. The van der Waals surface area contributed by atoms with Crippen LogP contribution in [0.4, 0.5) is 5.69 Å². The Bertz CT molecular complexity index is 1040. The van der Waals surface area contributed by atoms with Crippen LogP contribution in [0.3, 0.4) is 0 Å². The molecule has 1 fully saturated rings. The van der Waals surface area contributed by atoms with Gasteiger partial charge in [-0.15, -0.1) is 11.3 Å². The van der Waals surface area contributed by atoms with E-state index in [0.717, 1.165) is 48.6 Å². The minimum atomic E-state index is -0.221. The van der Waals surface area contributed by atoms with Crippen LogP contribution in [0.2, 0.25) is 0 Å². The van der Waals surface area contributed by atoms with Crippen molar-refractivity contribution in [2.75, 3.05) is 38.7 Å². The Morgan fingerprint density at radius 3 is 2.79 bits per heavy atom. The molecule has 1 aromatic heterocycles. The van der Waals surface area contributed by atoms with Crippen molar-refractivity contribution in [3.8, 4) is 6.07 Å². The van der Waals surface area contributed by atoms with Crippen LogP contribution in [0, 0.1) is 11.3 Å². The highest BCUT2D eigenvalue weighted by Crippen LogP contribution is 2.31. The van der Waals surface area contributed by atoms with Gasteiger partial charge in [0.15, 0.2) is 0 Å². The Balaban J connectivity index is 1.83. The number of nitriles is 1. The quantitative estimate of drug-likeness (QED) is 0.329. The van der Waals surface area contributed by atoms with E-state index in [4.69, 9.17) is 0 Å². The third-order valence-corrected chi connectivity index (χ3v) is 7.09. The lowest BCUT2D eigenvalue weighted by Crippen LogP contribution is -2.28. The number of carbonyl (C=O) groups excluding carboxylic acids is 2. The van der Waals surface area contributed by atoms with Gasteiger partial charge in [-0.3, -0.25) is 9.59 Å². The summed E-state index contributed by atoms with van der Waals surface area (Å²) in [6.07, 6.45) is 7.26. The van der Waals surface area contributed by atoms with E-state index in [2.05, 4.69) is 21.3 Å². The van der Waals surface area contributed by atoms with E-state index in [0.29, 0.717) is 34.1 Å². The predicted molar refractivity (Wildman–Crippen MR) is 136 cm³/mol. The molecule has 0 saturated carbocycles. The number of nitrogens with one attached hydrogen (secondary N) is 1. The van der Waals surface area contributed by atoms with Crippen molar-refractivity contribution in [2.45, 2.75) is 25.8 Å². The molecule has 2 aromatic rings. The second-order valence-corrected chi connectivity index (χ2v) is 9.88. The van der Waals surface area contributed by atoms with Crippen LogP contribution in [0.25, 0.3) is 0 Å². The van der Waals surface area contributed by atoms with Gasteiger partial charge in [0.25, 0.3) is 11.8 Å². The Kier molecular flexibility index (Phi) is 9.34. The van der Waals surface area contributed by atoms with Crippen LogP contribution in [-0.2, 0) is 6.54 Å². The summed E-state index contributed by atoms with van der Waals surface area (Å²) in [5.41, 5.74) is 1.83. The number of likely N-dealkylation sites (tertiary alicyclic amines) is 1. The predicted octanol–water partition coefficient (Wildman–Crippen LogP) is 4.13. The summed E-state index contributed by atoms with van der Waals surface area (Å²) in [5.74, 6) is 0.408. The Morgan fingerprint density at radius 2 is 2.06 bits per heavy atom. The number of carbonyl (C=O) groups is 2. The van der Waals surface area contributed by atoms with Crippen molar-refractivity contribution in [2.24, 2.45) is 4.99 Å². The molecule has 1 saturated heterocycles. The van der Waals surface area contributed by atoms with Crippen LogP contribution >= 0.6 is 23.1 Å². The van der Waals surface area contributed by atoms with Crippen LogP contribution in [0.5, 0.6) is 0 Å². The highest BCUT2D eigenvalue weighted by Gasteiger charge is 2.23. The molecule has 33 heavy (non-hydrogen) atoms. The van der Waals surface area contributed by atoms with Gasteiger partial charge in [0.1, 0.15) is 4.88 Å². The van der Waals surface area contributed by atoms with Gasteiger partial charge >= 0.3 is 0 Å². The van der Waals surface area contributed by atoms with Gasteiger partial charge in [0, 0.05) is 39.0 Å². The fraction of sp³-hybridized carbons (Fsp3) is 0.417. The molecule has 0 radical (unpaired) electrons. The molecule has 174 valence electrons. The standard InChI is InChI=1S/C24H29N5O2S2/c1-28(16-19-9-5-4-8-18(19)15-25)24(31)22-20(27-17-29-11-6-3-7-12-29)14-21(33-22)23(30)26-10-13-32-2/h4-5,8-9,14,17H,3,6-7,10-13,16H2,1-2H3,(H,26,30). The maximum atomic E-state index is 13.3. The highest BCUT2D eigenvalue weighted by molar-refractivity contribution is 7.98. The summed E-state index contributed by atoms with van der Waals surface area (Å²) in [6, 6.07) is 11.1. The van der Waals surface area contributed by atoms with Gasteiger partial charge in [-0.2, -0.15) is 17.0 Å². The summed E-state index contributed by atoms with van der Waals surface area (Å²) in [5, 5.41) is 12.3. The number of thiophene rings is 1. The fourth-order valence-corrected chi connectivity index (χ4v) is 4.86. The van der Waals surface area contributed by atoms with Crippen LogP contribution in [0.1, 0.15) is 49.7 Å². The minimum Gasteiger partial charge on any atom is -0.363 e. The van der Waals surface area contributed by atoms with Crippen LogP contribution in [0.15, 0.2) is 35.3 Å². The maximum absolute atomic E-state index is 13.3. The largest absolute Gasteiger partial charge is 0.363 e. The van der Waals surface area contributed by atoms with E-state index >= 15 is 0 Å². The van der Waals surface area contributed by atoms with E-state index in [1.807, 2.05) is 18.4 Å². The van der Waals surface area contributed by atoms with Crippen molar-refractivity contribution in [1.29, 1.82) is 5.26 Å². The van der Waals surface area contributed by atoms with Gasteiger partial charge in [-0.1, -0.05) is 18.2 Å². The topological polar surface area (TPSA) is 88.8 Å². The molecule has 0 spiro atoms. The van der Waals surface area contributed by atoms with Crippen molar-refractivity contribution in [3.63, 3.8) is 0 Å². The lowest BCUT2D eigenvalue weighted by atomic mass is 10.1. The molecular formula is C24H29N5O2S2. The normalized spacial score (nSPS) is 13.7. The van der Waals surface area contributed by atoms with Crippen LogP contribution < -0.4 is 5.32 Å². The minimum absolute atomic E-state index is 0.194. The van der Waals surface area contributed by atoms with E-state index < -0.39 is 0 Å². The average Bonchev–Trinajstić information content (AvgIpc) is 3.27. The molecular weight excluding hydrogens is 454 g/mol. The third-order valence-electron chi connectivity index (χ3n) is 5.37. The fourth-order valence-electron chi connectivity index (χ4n) is 3.54. The first-order valence-corrected chi connectivity index (χ1v) is 13.2. The zero-order valence-electron chi connectivity index (χ0n) is 19.0. The summed E-state index contributed by atoms with van der Waals surface area (Å²) in [7, 11) is 1.70. The van der Waals surface area contributed by atoms with E-state index in [9.17, 15) is 14.9 Å². The zero-order valence-corrected chi connectivity index (χ0v) is 20.7. The van der Waals surface area contributed by atoms with Gasteiger partial charge in [0.2, 0.25) is 0 Å². The lowest BCUT2D eigenvalue weighted by molar-refractivity contribution is 0.0790. The van der Waals surface area contributed by atoms with E-state index in [-0.39, 0.29) is 11.8 Å². The molecule has 0 aliphatic carbocycles. The number of amides is 2. The SMILES string of the molecule is CSCCNC(=O)c1cc(N=CN2CCCCC2)c(C(=O)N(C)Cc2ccccc2C#N)s1. The van der Waals surface area contributed by atoms with Crippen molar-refractivity contribution < 1.29 is 9.59 Å². The van der Waals surface area contributed by atoms with Crippen molar-refractivity contribution in [1.82, 2.24) is 15.1 Å². The Hall–Kier alpha value is -2.83. The first-order valence-electron chi connectivity index (χ1n) is 11.0. The number of aliphatic imine (C=N–C) groups is 1. The first-order chi connectivity index (χ1) is 16.0. The first kappa shape index (κ1) is 24.8. The molecule has 1 aliphatic rings. The number of rotatable bonds is 9. The maximum Gasteiger partial charge on any atom is 0.266 e. The summed E-state index contributed by atoms with van der Waals surface area (Å²) in [4.78, 5) is 35.2. The molecule has 7 nitrogen and oxygen atoms in total. The van der Waals surface area contributed by atoms with Gasteiger partial charge in [-0.25, -0.2) is 4.99 Å². The van der Waals surface area contributed by atoms with Crippen molar-refractivity contribution >= 4 is 46.9 Å². The van der Waals surface area contributed by atoms with E-state index in [1.54, 1.807) is 48.2 Å². The van der Waals surface area contributed by atoms with Crippen molar-refractivity contribution in [3.05, 3.63) is 51.2 Å². The molecule has 0 unspecified atom stereocenters. The molecule has 1 N–H and O–H groups in total. The number of thioether (sulfide) groups is 1. The second kappa shape index (κ2) is 12.4. The second-order valence-electron chi connectivity index (χ2n) is 7.85. The summed E-state index contributed by atoms with van der Waals surface area (Å²) < 4.78 is 0. The highest BCUT2D eigenvalue weighted by atomic mass is 32.2. The Labute approximate surface area is 203 Å². The average molecular weight is 484 g/mol. The van der Waals surface area contributed by atoms with Gasteiger partial charge < -0.3 is 15.1 Å². The van der Waals surface area contributed by atoms with Crippen LogP contribution in [-0.4, -0.2) is 66.6 Å². The lowest BCUT2D eigenvalue weighted by Gasteiger charge is -2.23. The third kappa shape index (κ3) is 6.83. The number of nitrogens with zero attached hydrogens (tertiary/aromatic N) is 4. The monoisotopic (exact) mass is 483 g/mol. The number of hydrogen-bond acceptors (Lipinski definition) is 6. The smallest absolute Gasteiger partial charge is 0.266 e. The molecule has 0 atom stereocenters. The number of hydrogen-bond donors (Lipinski definition) is 1. The van der Waals surface area contributed by atoms with Gasteiger partial charge in [0.05, 0.1) is 28.5 Å². The molecule has 1 aliphatic heterocycles. The Morgan fingerprint density at radius 1 is 1.30 bits per heavy atom. The molecule has 2 amide bonds. The molecule has 1 aromatic carbocycles. The summed E-state index contributed by atoms with van der Waals surface area (Å²) in [6.45, 7) is 2.76. The number of piperidine rings is 1. The summed E-state index contributed by atoms with van der Waals surface area (Å²) >= 11 is 2.82.